The molecule has 0 spiro atoms. The van der Waals surface area contributed by atoms with E-state index in [1.165, 1.54) is 6.33 Å². The second-order valence-corrected chi connectivity index (χ2v) is 4.13. The Morgan fingerprint density at radius 1 is 1.69 bits per heavy atom. The second kappa shape index (κ2) is 4.59. The van der Waals surface area contributed by atoms with Gasteiger partial charge in [0.25, 0.3) is 5.56 Å². The highest BCUT2D eigenvalue weighted by Gasteiger charge is 2.06. The molecule has 1 rings (SSSR count). The van der Waals surface area contributed by atoms with Crippen molar-refractivity contribution in [3.8, 4) is 5.88 Å². The summed E-state index contributed by atoms with van der Waals surface area (Å²) in [5, 5.41) is 0. The van der Waals surface area contributed by atoms with Crippen molar-refractivity contribution in [3.63, 3.8) is 0 Å². The predicted molar refractivity (Wildman–Crippen MR) is 57.9 cm³/mol. The van der Waals surface area contributed by atoms with Gasteiger partial charge >= 0.3 is 0 Å². The molecule has 0 atom stereocenters. The molecular formula is C8H11IN2O2. The van der Waals surface area contributed by atoms with Gasteiger partial charge in [-0.15, -0.1) is 0 Å². The fraction of sp³-hybridized carbons (Fsp3) is 0.500. The largest absolute Gasteiger partial charge is 0.476 e. The van der Waals surface area contributed by atoms with Crippen LogP contribution in [0.25, 0.3) is 0 Å². The molecule has 0 aliphatic carbocycles. The molecule has 1 heterocycles. The normalized spacial score (nSPS) is 10.5. The van der Waals surface area contributed by atoms with Gasteiger partial charge in [-0.3, -0.25) is 4.79 Å². The molecule has 0 saturated heterocycles. The van der Waals surface area contributed by atoms with E-state index in [1.807, 2.05) is 36.4 Å². The summed E-state index contributed by atoms with van der Waals surface area (Å²) in [4.78, 5) is 17.5. The molecule has 0 unspecified atom stereocenters. The van der Waals surface area contributed by atoms with Gasteiger partial charge in [-0.2, -0.15) is 0 Å². The van der Waals surface area contributed by atoms with E-state index in [0.717, 1.165) is 0 Å². The van der Waals surface area contributed by atoms with Crippen LogP contribution in [-0.2, 0) is 0 Å². The lowest BCUT2D eigenvalue weighted by Crippen LogP contribution is -2.14. The average molecular weight is 294 g/mol. The molecular weight excluding hydrogens is 283 g/mol. The van der Waals surface area contributed by atoms with Gasteiger partial charge in [-0.25, -0.2) is 4.98 Å². The Kier molecular flexibility index (Phi) is 3.71. The molecule has 1 aromatic rings. The lowest BCUT2D eigenvalue weighted by molar-refractivity contribution is 0.258. The van der Waals surface area contributed by atoms with Crippen LogP contribution in [0.5, 0.6) is 5.88 Å². The van der Waals surface area contributed by atoms with Crippen molar-refractivity contribution in [3.05, 3.63) is 20.3 Å². The zero-order valence-electron chi connectivity index (χ0n) is 7.50. The maximum absolute atomic E-state index is 11.1. The number of aromatic amines is 1. The molecule has 0 saturated carbocycles. The van der Waals surface area contributed by atoms with Crippen LogP contribution in [0.4, 0.5) is 0 Å². The molecule has 0 fully saturated rings. The fourth-order valence-corrected chi connectivity index (χ4v) is 1.16. The molecule has 0 aliphatic heterocycles. The van der Waals surface area contributed by atoms with E-state index in [4.69, 9.17) is 4.74 Å². The SMILES string of the molecule is CC(C)COc1nc[nH]c(=O)c1I. The summed E-state index contributed by atoms with van der Waals surface area (Å²) < 4.78 is 5.84. The molecule has 72 valence electrons. The van der Waals surface area contributed by atoms with Crippen LogP contribution in [0, 0.1) is 9.49 Å². The number of hydrogen-bond donors (Lipinski definition) is 1. The highest BCUT2D eigenvalue weighted by atomic mass is 127. The molecule has 0 bridgehead atoms. The predicted octanol–water partition coefficient (Wildman–Crippen LogP) is 1.41. The second-order valence-electron chi connectivity index (χ2n) is 3.06. The Morgan fingerprint density at radius 2 is 2.38 bits per heavy atom. The van der Waals surface area contributed by atoms with Gasteiger partial charge in [0.05, 0.1) is 12.9 Å². The van der Waals surface area contributed by atoms with Crippen LogP contribution < -0.4 is 10.3 Å². The van der Waals surface area contributed by atoms with E-state index >= 15 is 0 Å². The Balaban J connectivity index is 2.77. The highest BCUT2D eigenvalue weighted by molar-refractivity contribution is 14.1. The van der Waals surface area contributed by atoms with Gasteiger partial charge in [0.1, 0.15) is 3.57 Å². The van der Waals surface area contributed by atoms with Crippen LogP contribution in [0.15, 0.2) is 11.1 Å². The number of nitrogens with zero attached hydrogens (tertiary/aromatic N) is 1. The number of ether oxygens (including phenoxy) is 1. The summed E-state index contributed by atoms with van der Waals surface area (Å²) in [6, 6.07) is 0. The summed E-state index contributed by atoms with van der Waals surface area (Å²) in [5.41, 5.74) is -0.158. The third kappa shape index (κ3) is 2.98. The number of halogens is 1. The fourth-order valence-electron chi connectivity index (χ4n) is 0.713. The van der Waals surface area contributed by atoms with Gasteiger partial charge < -0.3 is 9.72 Å². The number of hydrogen-bond acceptors (Lipinski definition) is 3. The molecule has 1 N–H and O–H groups in total. The van der Waals surface area contributed by atoms with E-state index in [1.54, 1.807) is 0 Å². The summed E-state index contributed by atoms with van der Waals surface area (Å²) in [6.07, 6.45) is 1.35. The van der Waals surface area contributed by atoms with Gasteiger partial charge in [-0.05, 0) is 28.5 Å². The third-order valence-electron chi connectivity index (χ3n) is 1.32. The van der Waals surface area contributed by atoms with Crippen LogP contribution in [0.3, 0.4) is 0 Å². The first-order chi connectivity index (χ1) is 6.11. The van der Waals surface area contributed by atoms with Crippen molar-refractivity contribution in [2.45, 2.75) is 13.8 Å². The van der Waals surface area contributed by atoms with Crippen molar-refractivity contribution in [2.24, 2.45) is 5.92 Å². The summed E-state index contributed by atoms with van der Waals surface area (Å²) in [6.45, 7) is 4.66. The first-order valence-electron chi connectivity index (χ1n) is 3.97. The summed E-state index contributed by atoms with van der Waals surface area (Å²) in [7, 11) is 0. The summed E-state index contributed by atoms with van der Waals surface area (Å²) >= 11 is 1.92. The molecule has 0 radical (unpaired) electrons. The zero-order valence-corrected chi connectivity index (χ0v) is 9.66. The molecule has 0 aromatic carbocycles. The van der Waals surface area contributed by atoms with Crippen LogP contribution in [0.2, 0.25) is 0 Å². The molecule has 0 amide bonds. The van der Waals surface area contributed by atoms with E-state index < -0.39 is 0 Å². The zero-order chi connectivity index (χ0) is 9.84. The minimum Gasteiger partial charge on any atom is -0.476 e. The minimum absolute atomic E-state index is 0.158. The number of aromatic nitrogens is 2. The molecule has 4 nitrogen and oxygen atoms in total. The Bertz CT molecular complexity index is 335. The van der Waals surface area contributed by atoms with Crippen molar-refractivity contribution in [1.29, 1.82) is 0 Å². The Morgan fingerprint density at radius 3 is 3.00 bits per heavy atom. The van der Waals surface area contributed by atoms with Gasteiger partial charge in [0, 0.05) is 0 Å². The highest BCUT2D eigenvalue weighted by Crippen LogP contribution is 2.12. The summed E-state index contributed by atoms with van der Waals surface area (Å²) in [5.74, 6) is 0.843. The lowest BCUT2D eigenvalue weighted by atomic mass is 10.2. The Hall–Kier alpha value is -0.590. The molecule has 5 heteroatoms. The maximum atomic E-state index is 11.1. The molecule has 13 heavy (non-hydrogen) atoms. The van der Waals surface area contributed by atoms with Crippen LogP contribution in [-0.4, -0.2) is 16.6 Å². The number of H-pyrrole nitrogens is 1. The van der Waals surface area contributed by atoms with Crippen molar-refractivity contribution < 1.29 is 4.74 Å². The van der Waals surface area contributed by atoms with Gasteiger partial charge in [0.15, 0.2) is 0 Å². The molecule has 0 aliphatic rings. The quantitative estimate of drug-likeness (QED) is 0.858. The maximum Gasteiger partial charge on any atom is 0.268 e. The lowest BCUT2D eigenvalue weighted by Gasteiger charge is -2.07. The van der Waals surface area contributed by atoms with Crippen LogP contribution >= 0.6 is 22.6 Å². The van der Waals surface area contributed by atoms with Crippen molar-refractivity contribution in [1.82, 2.24) is 9.97 Å². The van der Waals surface area contributed by atoms with Crippen LogP contribution in [0.1, 0.15) is 13.8 Å². The number of rotatable bonds is 3. The first kappa shape index (κ1) is 10.5. The smallest absolute Gasteiger partial charge is 0.268 e. The standard InChI is InChI=1S/C8H11IN2O2/c1-5(2)3-13-8-6(9)7(12)10-4-11-8/h4-5H,3H2,1-2H3,(H,10,11,12). The Labute approximate surface area is 89.9 Å². The topological polar surface area (TPSA) is 55.0 Å². The third-order valence-corrected chi connectivity index (χ3v) is 2.27. The van der Waals surface area contributed by atoms with Gasteiger partial charge in [0.2, 0.25) is 5.88 Å². The van der Waals surface area contributed by atoms with E-state index in [0.29, 0.717) is 22.0 Å². The minimum atomic E-state index is -0.158. The van der Waals surface area contributed by atoms with Crippen molar-refractivity contribution in [2.75, 3.05) is 6.61 Å². The average Bonchev–Trinajstić information content (AvgIpc) is 2.07. The van der Waals surface area contributed by atoms with E-state index in [9.17, 15) is 4.79 Å². The monoisotopic (exact) mass is 294 g/mol. The van der Waals surface area contributed by atoms with E-state index in [2.05, 4.69) is 9.97 Å². The molecule has 1 aromatic heterocycles. The number of nitrogens with one attached hydrogen (secondary N) is 1. The van der Waals surface area contributed by atoms with E-state index in [-0.39, 0.29) is 5.56 Å². The first-order valence-corrected chi connectivity index (χ1v) is 5.05. The van der Waals surface area contributed by atoms with Crippen molar-refractivity contribution >= 4 is 22.6 Å². The van der Waals surface area contributed by atoms with Gasteiger partial charge in [-0.1, -0.05) is 13.8 Å².